The lowest BCUT2D eigenvalue weighted by Gasteiger charge is -2.21. The van der Waals surface area contributed by atoms with Gasteiger partial charge in [0, 0.05) is 62.6 Å². The first-order valence-electron chi connectivity index (χ1n) is 11.9. The van der Waals surface area contributed by atoms with E-state index in [9.17, 15) is 14.7 Å². The van der Waals surface area contributed by atoms with E-state index in [4.69, 9.17) is 11.6 Å². The van der Waals surface area contributed by atoms with Crippen molar-refractivity contribution in [1.29, 1.82) is 0 Å². The van der Waals surface area contributed by atoms with Crippen LogP contribution in [0.1, 0.15) is 32.5 Å². The SMILES string of the molecule is CN(Cc1cc2c(=O)c(C(=O)NCc3ccc(Cl)cc3)cn(C)c2s1)C[C@H](O)c1ccc(N(C)C)cc1. The molecule has 2 aromatic carbocycles. The lowest BCUT2D eigenvalue weighted by atomic mass is 10.1. The van der Waals surface area contributed by atoms with E-state index in [0.29, 0.717) is 30.0 Å². The van der Waals surface area contributed by atoms with Crippen LogP contribution in [-0.4, -0.2) is 48.2 Å². The van der Waals surface area contributed by atoms with E-state index in [1.165, 1.54) is 11.3 Å². The second-order valence-corrected chi connectivity index (χ2v) is 11.0. The molecule has 0 unspecified atom stereocenters. The number of carbonyl (C=O) groups excluding carboxylic acids is 1. The third-order valence-electron chi connectivity index (χ3n) is 6.21. The Balaban J connectivity index is 1.45. The molecular formula is C28H31ClN4O3S. The molecule has 4 aromatic rings. The quantitative estimate of drug-likeness (QED) is 0.330. The van der Waals surface area contributed by atoms with E-state index >= 15 is 0 Å². The number of carbonyl (C=O) groups is 1. The van der Waals surface area contributed by atoms with Crippen molar-refractivity contribution in [2.24, 2.45) is 7.05 Å². The largest absolute Gasteiger partial charge is 0.387 e. The number of nitrogens with zero attached hydrogens (tertiary/aromatic N) is 3. The van der Waals surface area contributed by atoms with Crippen molar-refractivity contribution in [2.45, 2.75) is 19.2 Å². The summed E-state index contributed by atoms with van der Waals surface area (Å²) in [5.41, 5.74) is 2.66. The molecule has 0 aliphatic rings. The summed E-state index contributed by atoms with van der Waals surface area (Å²) in [7, 11) is 7.74. The van der Waals surface area contributed by atoms with Gasteiger partial charge in [0.05, 0.1) is 11.5 Å². The van der Waals surface area contributed by atoms with Gasteiger partial charge in [-0.1, -0.05) is 35.9 Å². The maximum atomic E-state index is 13.2. The van der Waals surface area contributed by atoms with E-state index in [-0.39, 0.29) is 11.0 Å². The van der Waals surface area contributed by atoms with Gasteiger partial charge in [-0.3, -0.25) is 14.5 Å². The highest BCUT2D eigenvalue weighted by Crippen LogP contribution is 2.25. The van der Waals surface area contributed by atoms with E-state index in [0.717, 1.165) is 26.5 Å². The number of benzene rings is 2. The molecule has 1 amide bonds. The summed E-state index contributed by atoms with van der Waals surface area (Å²) in [5, 5.41) is 14.7. The fourth-order valence-electron chi connectivity index (χ4n) is 4.16. The minimum absolute atomic E-state index is 0.110. The number of hydrogen-bond donors (Lipinski definition) is 2. The Morgan fingerprint density at radius 1 is 1.11 bits per heavy atom. The zero-order valence-corrected chi connectivity index (χ0v) is 22.9. The summed E-state index contributed by atoms with van der Waals surface area (Å²) in [4.78, 5) is 31.8. The lowest BCUT2D eigenvalue weighted by molar-refractivity contribution is 0.0949. The van der Waals surface area contributed by atoms with Crippen molar-refractivity contribution in [3.63, 3.8) is 0 Å². The molecule has 0 saturated heterocycles. The zero-order chi connectivity index (χ0) is 26.7. The number of rotatable bonds is 9. The molecule has 0 spiro atoms. The van der Waals surface area contributed by atoms with Gasteiger partial charge in [-0.15, -0.1) is 11.3 Å². The third-order valence-corrected chi connectivity index (χ3v) is 7.67. The summed E-state index contributed by atoms with van der Waals surface area (Å²) in [6.07, 6.45) is 0.963. The van der Waals surface area contributed by atoms with Crippen molar-refractivity contribution < 1.29 is 9.90 Å². The van der Waals surface area contributed by atoms with Crippen molar-refractivity contribution in [3.05, 3.63) is 97.6 Å². The number of aryl methyl sites for hydroxylation is 1. The number of halogens is 1. The van der Waals surface area contributed by atoms with Gasteiger partial charge >= 0.3 is 0 Å². The van der Waals surface area contributed by atoms with Crippen molar-refractivity contribution >= 4 is 44.7 Å². The van der Waals surface area contributed by atoms with E-state index in [1.54, 1.807) is 18.3 Å². The molecule has 0 fully saturated rings. The highest BCUT2D eigenvalue weighted by molar-refractivity contribution is 7.18. The van der Waals surface area contributed by atoms with E-state index in [1.807, 2.05) is 85.0 Å². The topological polar surface area (TPSA) is 77.8 Å². The highest BCUT2D eigenvalue weighted by Gasteiger charge is 2.18. The fourth-order valence-corrected chi connectivity index (χ4v) is 5.45. The van der Waals surface area contributed by atoms with Crippen LogP contribution in [0.25, 0.3) is 10.2 Å². The number of thiophene rings is 1. The molecule has 194 valence electrons. The number of aliphatic hydroxyl groups is 1. The molecule has 0 bridgehead atoms. The molecule has 37 heavy (non-hydrogen) atoms. The van der Waals surface area contributed by atoms with Crippen LogP contribution in [0.15, 0.2) is 65.6 Å². The van der Waals surface area contributed by atoms with Crippen molar-refractivity contribution in [3.8, 4) is 0 Å². The summed E-state index contributed by atoms with van der Waals surface area (Å²) >= 11 is 7.43. The highest BCUT2D eigenvalue weighted by atomic mass is 35.5. The normalized spacial score (nSPS) is 12.2. The second-order valence-electron chi connectivity index (χ2n) is 9.42. The third kappa shape index (κ3) is 6.40. The number of anilines is 1. The Morgan fingerprint density at radius 2 is 1.78 bits per heavy atom. The minimum atomic E-state index is -0.627. The van der Waals surface area contributed by atoms with Gasteiger partial charge in [0.15, 0.2) is 0 Å². The molecule has 2 aromatic heterocycles. The molecule has 0 aliphatic carbocycles. The smallest absolute Gasteiger partial charge is 0.257 e. The van der Waals surface area contributed by atoms with Crippen LogP contribution in [0.5, 0.6) is 0 Å². The Bertz CT molecular complexity index is 1450. The molecule has 0 radical (unpaired) electrons. The number of aromatic nitrogens is 1. The number of fused-ring (bicyclic) bond motifs is 1. The Morgan fingerprint density at radius 3 is 2.43 bits per heavy atom. The van der Waals surface area contributed by atoms with Crippen LogP contribution < -0.4 is 15.6 Å². The zero-order valence-electron chi connectivity index (χ0n) is 21.4. The molecule has 7 nitrogen and oxygen atoms in total. The molecular weight excluding hydrogens is 508 g/mol. The summed E-state index contributed by atoms with van der Waals surface area (Å²) < 4.78 is 1.82. The predicted molar refractivity (Wildman–Crippen MR) is 152 cm³/mol. The molecule has 2 N–H and O–H groups in total. The molecule has 0 saturated carbocycles. The van der Waals surface area contributed by atoms with Gasteiger partial charge in [-0.25, -0.2) is 0 Å². The van der Waals surface area contributed by atoms with Crippen LogP contribution >= 0.6 is 22.9 Å². The Kier molecular flexibility index (Phi) is 8.34. The summed E-state index contributed by atoms with van der Waals surface area (Å²) in [5.74, 6) is -0.411. The van der Waals surface area contributed by atoms with Crippen LogP contribution in [0.2, 0.25) is 5.02 Å². The first kappa shape index (κ1) is 26.9. The van der Waals surface area contributed by atoms with Crippen LogP contribution in [-0.2, 0) is 20.1 Å². The monoisotopic (exact) mass is 538 g/mol. The van der Waals surface area contributed by atoms with E-state index in [2.05, 4.69) is 5.32 Å². The number of likely N-dealkylation sites (N-methyl/N-ethyl adjacent to an activating group) is 1. The first-order chi connectivity index (χ1) is 17.6. The maximum Gasteiger partial charge on any atom is 0.257 e. The number of amides is 1. The molecule has 1 atom stereocenters. The minimum Gasteiger partial charge on any atom is -0.387 e. The average Bonchev–Trinajstić information content (AvgIpc) is 3.30. The Labute approximate surface area is 225 Å². The molecule has 9 heteroatoms. The predicted octanol–water partition coefficient (Wildman–Crippen LogP) is 4.41. The fraction of sp³-hybridized carbons (Fsp3) is 0.286. The second kappa shape index (κ2) is 11.5. The summed E-state index contributed by atoms with van der Waals surface area (Å²) in [6, 6.07) is 16.9. The van der Waals surface area contributed by atoms with Gasteiger partial charge in [0.1, 0.15) is 10.4 Å². The number of nitrogens with one attached hydrogen (secondary N) is 1. The van der Waals surface area contributed by atoms with Crippen LogP contribution in [0.3, 0.4) is 0 Å². The van der Waals surface area contributed by atoms with Crippen molar-refractivity contribution in [2.75, 3.05) is 32.6 Å². The molecule has 4 rings (SSSR count). The Hall–Kier alpha value is -3.17. The average molecular weight is 539 g/mol. The van der Waals surface area contributed by atoms with Gasteiger partial charge < -0.3 is 19.9 Å². The van der Waals surface area contributed by atoms with Crippen molar-refractivity contribution in [1.82, 2.24) is 14.8 Å². The standard InChI is InChI=1S/C28H31ClN4O3S/c1-31(2)21-11-7-19(8-12-21)25(34)17-32(3)15-22-13-23-26(35)24(16-33(4)28(23)37-22)27(36)30-14-18-5-9-20(29)10-6-18/h5-13,16,25,34H,14-15,17H2,1-4H3,(H,30,36)/t25-/m0/s1. The molecule has 0 aliphatic heterocycles. The van der Waals surface area contributed by atoms with Crippen LogP contribution in [0, 0.1) is 0 Å². The van der Waals surface area contributed by atoms with E-state index < -0.39 is 12.0 Å². The number of hydrogen-bond acceptors (Lipinski definition) is 6. The lowest BCUT2D eigenvalue weighted by Crippen LogP contribution is -2.29. The maximum absolute atomic E-state index is 13.2. The number of aliphatic hydroxyl groups excluding tert-OH is 1. The number of pyridine rings is 1. The van der Waals surface area contributed by atoms with Gasteiger partial charge in [0.25, 0.3) is 5.91 Å². The van der Waals surface area contributed by atoms with Gasteiger partial charge in [-0.05, 0) is 48.5 Å². The van der Waals surface area contributed by atoms with Crippen LogP contribution in [0.4, 0.5) is 5.69 Å². The molecule has 2 heterocycles. The van der Waals surface area contributed by atoms with Gasteiger partial charge in [-0.2, -0.15) is 0 Å². The van der Waals surface area contributed by atoms with Gasteiger partial charge in [0.2, 0.25) is 5.43 Å². The summed E-state index contributed by atoms with van der Waals surface area (Å²) in [6.45, 7) is 1.32. The first-order valence-corrected chi connectivity index (χ1v) is 13.1.